The van der Waals surface area contributed by atoms with Crippen molar-refractivity contribution in [1.82, 2.24) is 14.5 Å². The number of aromatic nitrogens is 3. The Kier molecular flexibility index (Phi) is 6.20. The van der Waals surface area contributed by atoms with Crippen LogP contribution in [0.1, 0.15) is 11.8 Å². The van der Waals surface area contributed by atoms with E-state index in [-0.39, 0.29) is 26.6 Å². The van der Waals surface area contributed by atoms with E-state index in [9.17, 15) is 21.6 Å². The van der Waals surface area contributed by atoms with Gasteiger partial charge in [0.1, 0.15) is 4.90 Å². The number of alkyl halides is 3. The van der Waals surface area contributed by atoms with E-state index >= 15 is 0 Å². The molecule has 1 atom stereocenters. The van der Waals surface area contributed by atoms with Crippen LogP contribution in [0.4, 0.5) is 19.0 Å². The predicted molar refractivity (Wildman–Crippen MR) is 134 cm³/mol. The van der Waals surface area contributed by atoms with E-state index in [1.807, 2.05) is 0 Å². The van der Waals surface area contributed by atoms with E-state index < -0.39 is 34.0 Å². The highest BCUT2D eigenvalue weighted by atomic mass is 35.5. The number of nitrogens with one attached hydrogen (secondary N) is 1. The number of rotatable bonds is 6. The molecule has 12 heteroatoms. The molecule has 2 aromatic heterocycles. The average Bonchev–Trinajstić information content (AvgIpc) is 3.18. The molecule has 2 heterocycles. The summed E-state index contributed by atoms with van der Waals surface area (Å²) >= 11 is 6.05. The maximum atomic E-state index is 14.4. The Labute approximate surface area is 214 Å². The van der Waals surface area contributed by atoms with Crippen molar-refractivity contribution >= 4 is 49.4 Å². The molecular formula is C25H18ClF3N4O3S. The summed E-state index contributed by atoms with van der Waals surface area (Å²) in [5, 5.41) is 0.511. The van der Waals surface area contributed by atoms with Crippen molar-refractivity contribution in [3.8, 4) is 5.88 Å². The van der Waals surface area contributed by atoms with Crippen LogP contribution < -0.4 is 9.46 Å². The molecule has 0 spiro atoms. The van der Waals surface area contributed by atoms with Crippen LogP contribution in [-0.4, -0.2) is 29.1 Å². The minimum Gasteiger partial charge on any atom is -0.455 e. The van der Waals surface area contributed by atoms with Gasteiger partial charge in [0.15, 0.2) is 0 Å². The van der Waals surface area contributed by atoms with Crippen LogP contribution in [0.15, 0.2) is 83.8 Å². The minimum absolute atomic E-state index is 0.0742. The molecule has 0 fully saturated rings. The van der Waals surface area contributed by atoms with Gasteiger partial charge < -0.3 is 9.30 Å². The number of hydrogen-bond donors (Lipinski definition) is 1. The van der Waals surface area contributed by atoms with Gasteiger partial charge in [-0.15, -0.1) is 0 Å². The van der Waals surface area contributed by atoms with Gasteiger partial charge >= 0.3 is 6.18 Å². The highest BCUT2D eigenvalue weighted by Crippen LogP contribution is 2.40. The molecule has 3 aromatic carbocycles. The molecule has 190 valence electrons. The lowest BCUT2D eigenvalue weighted by Gasteiger charge is -2.23. The first kappa shape index (κ1) is 24.8. The molecule has 1 N–H and O–H groups in total. The fourth-order valence-corrected chi connectivity index (χ4v) is 5.47. The van der Waals surface area contributed by atoms with Gasteiger partial charge in [0.25, 0.3) is 15.9 Å². The number of sulfonamides is 1. The lowest BCUT2D eigenvalue weighted by atomic mass is 10.2. The maximum absolute atomic E-state index is 14.4. The molecule has 0 saturated carbocycles. The minimum atomic E-state index is -4.87. The van der Waals surface area contributed by atoms with Crippen molar-refractivity contribution in [3.05, 3.63) is 89.6 Å². The molecule has 0 aliphatic heterocycles. The van der Waals surface area contributed by atoms with Gasteiger partial charge in [0, 0.05) is 12.6 Å². The van der Waals surface area contributed by atoms with Crippen molar-refractivity contribution in [3.63, 3.8) is 0 Å². The highest BCUT2D eigenvalue weighted by Gasteiger charge is 2.45. The zero-order valence-corrected chi connectivity index (χ0v) is 20.6. The molecule has 0 aliphatic carbocycles. The number of halogens is 4. The number of hydrogen-bond acceptors (Lipinski definition) is 5. The summed E-state index contributed by atoms with van der Waals surface area (Å²) < 4.78 is 78.3. The second-order valence-corrected chi connectivity index (χ2v) is 10.2. The van der Waals surface area contributed by atoms with E-state index in [2.05, 4.69) is 14.7 Å². The average molecular weight is 547 g/mol. The van der Waals surface area contributed by atoms with Crippen LogP contribution >= 0.6 is 11.6 Å². The number of anilines is 1. The number of ether oxygens (including phenoxy) is 1. The summed E-state index contributed by atoms with van der Waals surface area (Å²) in [6.45, 7) is 0. The lowest BCUT2D eigenvalue weighted by Crippen LogP contribution is -2.29. The monoisotopic (exact) mass is 546 g/mol. The van der Waals surface area contributed by atoms with Gasteiger partial charge in [-0.2, -0.15) is 13.2 Å². The first-order chi connectivity index (χ1) is 17.5. The van der Waals surface area contributed by atoms with Gasteiger partial charge in [0.05, 0.1) is 21.7 Å². The van der Waals surface area contributed by atoms with E-state index in [0.717, 1.165) is 0 Å². The van der Waals surface area contributed by atoms with Crippen molar-refractivity contribution in [2.45, 2.75) is 17.2 Å². The summed E-state index contributed by atoms with van der Waals surface area (Å²) in [6.07, 6.45) is -7.34. The quantitative estimate of drug-likeness (QED) is 0.272. The standard InChI is InChI=1S/C25H18ClF3N4O3S/c1-33-19-12-6-2-8-15(19)14-20(33)22(25(27,28)29)36-24-23(30-17-10-4-5-11-18(17)31-24)32-37(34,35)21-13-7-3-9-16(21)26/h2-14,22H,1H3,(H,30,32). The molecule has 7 nitrogen and oxygen atoms in total. The Bertz CT molecular complexity index is 1740. The Morgan fingerprint density at radius 1 is 0.946 bits per heavy atom. The van der Waals surface area contributed by atoms with Gasteiger partial charge in [0.2, 0.25) is 11.9 Å². The summed E-state index contributed by atoms with van der Waals surface area (Å²) in [6, 6.07) is 20.1. The van der Waals surface area contributed by atoms with Crippen molar-refractivity contribution in [2.75, 3.05) is 4.72 Å². The molecule has 0 saturated heterocycles. The number of aryl methyl sites for hydroxylation is 1. The number of benzene rings is 3. The normalized spacial score (nSPS) is 13.1. The van der Waals surface area contributed by atoms with Crippen LogP contribution in [0.5, 0.6) is 5.88 Å². The van der Waals surface area contributed by atoms with Crippen molar-refractivity contribution < 1.29 is 26.3 Å². The summed E-state index contributed by atoms with van der Waals surface area (Å²) in [5.41, 5.74) is 0.846. The number of fused-ring (bicyclic) bond motifs is 2. The number of nitrogens with zero attached hydrogens (tertiary/aromatic N) is 3. The largest absolute Gasteiger partial charge is 0.455 e. The van der Waals surface area contributed by atoms with E-state index in [4.69, 9.17) is 16.3 Å². The van der Waals surface area contributed by atoms with Gasteiger partial charge in [-0.1, -0.05) is 54.1 Å². The molecule has 5 aromatic rings. The first-order valence-electron chi connectivity index (χ1n) is 10.9. The maximum Gasteiger partial charge on any atom is 0.431 e. The highest BCUT2D eigenvalue weighted by molar-refractivity contribution is 7.92. The zero-order valence-electron chi connectivity index (χ0n) is 19.1. The zero-order chi connectivity index (χ0) is 26.4. The molecule has 0 bridgehead atoms. The predicted octanol–water partition coefficient (Wildman–Crippen LogP) is 6.26. The van der Waals surface area contributed by atoms with Crippen LogP contribution in [-0.2, 0) is 17.1 Å². The Balaban J connectivity index is 1.64. The van der Waals surface area contributed by atoms with Crippen LogP contribution in [0.25, 0.3) is 21.9 Å². The summed E-state index contributed by atoms with van der Waals surface area (Å²) in [4.78, 5) is 8.12. The molecule has 0 radical (unpaired) electrons. The second-order valence-electron chi connectivity index (χ2n) is 8.13. The second kappa shape index (κ2) is 9.24. The molecule has 0 aliphatic rings. The molecule has 5 rings (SSSR count). The Morgan fingerprint density at radius 3 is 2.24 bits per heavy atom. The molecule has 37 heavy (non-hydrogen) atoms. The van der Waals surface area contributed by atoms with Crippen LogP contribution in [0.3, 0.4) is 0 Å². The first-order valence-corrected chi connectivity index (χ1v) is 12.7. The molecular weight excluding hydrogens is 529 g/mol. The fourth-order valence-electron chi connectivity index (χ4n) is 3.95. The number of para-hydroxylation sites is 3. The topological polar surface area (TPSA) is 86.1 Å². The summed E-state index contributed by atoms with van der Waals surface area (Å²) in [5.74, 6) is -1.14. The van der Waals surface area contributed by atoms with Crippen LogP contribution in [0, 0.1) is 0 Å². The van der Waals surface area contributed by atoms with Crippen molar-refractivity contribution in [2.24, 2.45) is 7.05 Å². The molecule has 0 amide bonds. The SMILES string of the molecule is Cn1c(C(Oc2nc3ccccc3nc2NS(=O)(=O)c2ccccc2Cl)C(F)(F)F)cc2ccccc21. The lowest BCUT2D eigenvalue weighted by molar-refractivity contribution is -0.200. The van der Waals surface area contributed by atoms with Crippen LogP contribution in [0.2, 0.25) is 5.02 Å². The third kappa shape index (κ3) is 4.79. The van der Waals surface area contributed by atoms with E-state index in [0.29, 0.717) is 10.9 Å². The third-order valence-corrected chi connectivity index (χ3v) is 7.52. The Morgan fingerprint density at radius 2 is 1.57 bits per heavy atom. The van der Waals surface area contributed by atoms with Gasteiger partial charge in [-0.3, -0.25) is 4.72 Å². The van der Waals surface area contributed by atoms with Crippen molar-refractivity contribution in [1.29, 1.82) is 0 Å². The smallest absolute Gasteiger partial charge is 0.431 e. The molecule has 1 unspecified atom stereocenters. The van der Waals surface area contributed by atoms with E-state index in [1.165, 1.54) is 41.9 Å². The van der Waals surface area contributed by atoms with E-state index in [1.54, 1.807) is 48.5 Å². The Hall–Kier alpha value is -3.83. The fraction of sp³-hybridized carbons (Fsp3) is 0.120. The third-order valence-electron chi connectivity index (χ3n) is 5.68. The van der Waals surface area contributed by atoms with Gasteiger partial charge in [-0.25, -0.2) is 18.4 Å². The summed E-state index contributed by atoms with van der Waals surface area (Å²) in [7, 11) is -2.86. The van der Waals surface area contributed by atoms with Gasteiger partial charge in [-0.05, 0) is 41.8 Å².